The van der Waals surface area contributed by atoms with E-state index in [0.29, 0.717) is 19.4 Å². The topological polar surface area (TPSA) is 52.0 Å². The summed E-state index contributed by atoms with van der Waals surface area (Å²) < 4.78 is 1.52. The van der Waals surface area contributed by atoms with Gasteiger partial charge in [0.2, 0.25) is 0 Å². The molecule has 5 heteroatoms. The van der Waals surface area contributed by atoms with Crippen molar-refractivity contribution in [1.82, 2.24) is 9.55 Å². The third-order valence-electron chi connectivity index (χ3n) is 2.38. The zero-order valence-electron chi connectivity index (χ0n) is 9.20. The first-order valence-corrected chi connectivity index (χ1v) is 6.23. The van der Waals surface area contributed by atoms with Crippen LogP contribution < -0.4 is 5.69 Å². The highest BCUT2D eigenvalue weighted by Gasteiger charge is 2.06. The van der Waals surface area contributed by atoms with Gasteiger partial charge >= 0.3 is 5.69 Å². The van der Waals surface area contributed by atoms with Crippen molar-refractivity contribution < 1.29 is 4.79 Å². The second-order valence-corrected chi connectivity index (χ2v) is 4.55. The molecule has 2 heterocycles. The van der Waals surface area contributed by atoms with E-state index in [9.17, 15) is 9.59 Å². The lowest BCUT2D eigenvalue weighted by atomic mass is 10.2. The Morgan fingerprint density at radius 3 is 3.00 bits per heavy atom. The molecule has 0 radical (unpaired) electrons. The van der Waals surface area contributed by atoms with Crippen LogP contribution >= 0.6 is 11.3 Å². The van der Waals surface area contributed by atoms with Crippen molar-refractivity contribution in [1.29, 1.82) is 0 Å². The summed E-state index contributed by atoms with van der Waals surface area (Å²) in [7, 11) is 0. The Kier molecular flexibility index (Phi) is 3.82. The molecule has 0 atom stereocenters. The van der Waals surface area contributed by atoms with E-state index < -0.39 is 0 Å². The van der Waals surface area contributed by atoms with Gasteiger partial charge in [-0.2, -0.15) is 0 Å². The average Bonchev–Trinajstić information content (AvgIpc) is 2.85. The Morgan fingerprint density at radius 2 is 2.29 bits per heavy atom. The number of Topliss-reactive ketones (excluding diaryl/α,β-unsaturated/α-hetero) is 1. The van der Waals surface area contributed by atoms with Crippen LogP contribution in [0.5, 0.6) is 0 Å². The van der Waals surface area contributed by atoms with E-state index in [0.717, 1.165) is 4.88 Å². The van der Waals surface area contributed by atoms with E-state index in [4.69, 9.17) is 0 Å². The van der Waals surface area contributed by atoms with E-state index in [1.807, 2.05) is 17.5 Å². The first-order valence-electron chi connectivity index (χ1n) is 5.35. The minimum atomic E-state index is -0.268. The van der Waals surface area contributed by atoms with Crippen molar-refractivity contribution in [3.8, 4) is 0 Å². The summed E-state index contributed by atoms with van der Waals surface area (Å²) in [5.74, 6) is 0.136. The van der Waals surface area contributed by atoms with Crippen LogP contribution in [0.25, 0.3) is 0 Å². The fourth-order valence-electron chi connectivity index (χ4n) is 1.53. The van der Waals surface area contributed by atoms with Crippen LogP contribution in [0.1, 0.15) is 22.5 Å². The van der Waals surface area contributed by atoms with E-state index in [1.54, 1.807) is 12.3 Å². The van der Waals surface area contributed by atoms with Crippen LogP contribution in [0.2, 0.25) is 0 Å². The van der Waals surface area contributed by atoms with E-state index in [2.05, 4.69) is 4.98 Å². The molecule has 0 saturated heterocycles. The minimum Gasteiger partial charge on any atom is -0.299 e. The maximum Gasteiger partial charge on any atom is 0.347 e. The number of hydrogen-bond donors (Lipinski definition) is 0. The van der Waals surface area contributed by atoms with Crippen LogP contribution in [-0.4, -0.2) is 15.3 Å². The second-order valence-electron chi connectivity index (χ2n) is 3.60. The van der Waals surface area contributed by atoms with Crippen LogP contribution in [0.3, 0.4) is 0 Å². The maximum atomic E-state index is 11.7. The molecule has 4 nitrogen and oxygen atoms in total. The molecule has 88 valence electrons. The smallest absolute Gasteiger partial charge is 0.299 e. The fraction of sp³-hybridized carbons (Fsp3) is 0.250. The number of nitrogens with zero attached hydrogens (tertiary/aromatic N) is 2. The van der Waals surface area contributed by atoms with E-state index in [-0.39, 0.29) is 11.5 Å². The van der Waals surface area contributed by atoms with Gasteiger partial charge in [0.25, 0.3) is 0 Å². The second kappa shape index (κ2) is 5.54. The molecule has 0 aliphatic rings. The Balaban J connectivity index is 1.87. The van der Waals surface area contributed by atoms with Crippen LogP contribution in [0, 0.1) is 0 Å². The van der Waals surface area contributed by atoms with Gasteiger partial charge in [-0.3, -0.25) is 9.36 Å². The molecule has 2 aromatic rings. The zero-order valence-corrected chi connectivity index (χ0v) is 10.0. The van der Waals surface area contributed by atoms with Crippen molar-refractivity contribution in [3.05, 3.63) is 51.3 Å². The molecule has 0 aromatic carbocycles. The van der Waals surface area contributed by atoms with Crippen LogP contribution in [0.4, 0.5) is 0 Å². The summed E-state index contributed by atoms with van der Waals surface area (Å²) in [6, 6.07) is 5.40. The Morgan fingerprint density at radius 1 is 1.41 bits per heavy atom. The Labute approximate surface area is 103 Å². The predicted octanol–water partition coefficient (Wildman–Crippen LogP) is 1.97. The number of hydrogen-bond acceptors (Lipinski definition) is 4. The van der Waals surface area contributed by atoms with Crippen molar-refractivity contribution in [2.75, 3.05) is 0 Å². The number of aromatic nitrogens is 2. The number of carbonyl (C=O) groups excluding carboxylic acids is 1. The summed E-state index contributed by atoms with van der Waals surface area (Å²) in [6.45, 7) is 0.532. The highest BCUT2D eigenvalue weighted by Crippen LogP contribution is 2.12. The zero-order chi connectivity index (χ0) is 12.1. The molecule has 0 N–H and O–H groups in total. The molecule has 0 fully saturated rings. The molecule has 0 saturated carbocycles. The van der Waals surface area contributed by atoms with Gasteiger partial charge in [-0.1, -0.05) is 6.07 Å². The third kappa shape index (κ3) is 3.10. The van der Waals surface area contributed by atoms with Crippen LogP contribution in [0.15, 0.2) is 40.8 Å². The lowest BCUT2D eigenvalue weighted by Gasteiger charge is -2.02. The quantitative estimate of drug-likeness (QED) is 0.760. The molecule has 2 aromatic heterocycles. The van der Waals surface area contributed by atoms with Gasteiger partial charge in [-0.25, -0.2) is 9.78 Å². The van der Waals surface area contributed by atoms with E-state index >= 15 is 0 Å². The van der Waals surface area contributed by atoms with Gasteiger partial charge in [0, 0.05) is 25.4 Å². The van der Waals surface area contributed by atoms with Gasteiger partial charge < -0.3 is 0 Å². The van der Waals surface area contributed by atoms with Gasteiger partial charge in [0.05, 0.1) is 4.88 Å². The van der Waals surface area contributed by atoms with Crippen LogP contribution in [-0.2, 0) is 6.54 Å². The van der Waals surface area contributed by atoms with E-state index in [1.165, 1.54) is 22.1 Å². The molecule has 0 bridgehead atoms. The first-order chi connectivity index (χ1) is 8.27. The molecule has 17 heavy (non-hydrogen) atoms. The molecule has 0 unspecified atom stereocenters. The SMILES string of the molecule is O=C(CCCn1cccnc1=O)c1cccs1. The fourth-order valence-corrected chi connectivity index (χ4v) is 2.22. The largest absolute Gasteiger partial charge is 0.347 e. The number of thiophene rings is 1. The molecular weight excluding hydrogens is 236 g/mol. The first kappa shape index (κ1) is 11.7. The lowest BCUT2D eigenvalue weighted by molar-refractivity contribution is 0.0982. The van der Waals surface area contributed by atoms with Crippen molar-refractivity contribution in [2.24, 2.45) is 0 Å². The molecule has 0 amide bonds. The average molecular weight is 248 g/mol. The molecule has 0 aliphatic heterocycles. The summed E-state index contributed by atoms with van der Waals surface area (Å²) in [5.41, 5.74) is -0.268. The highest BCUT2D eigenvalue weighted by molar-refractivity contribution is 7.12. The summed E-state index contributed by atoms with van der Waals surface area (Å²) >= 11 is 1.45. The summed E-state index contributed by atoms with van der Waals surface area (Å²) in [5, 5.41) is 1.89. The van der Waals surface area contributed by atoms with Gasteiger partial charge in [0.15, 0.2) is 5.78 Å². The molecular formula is C12H12N2O2S. The number of carbonyl (C=O) groups is 1. The number of ketones is 1. The Hall–Kier alpha value is -1.75. The van der Waals surface area contributed by atoms with Crippen molar-refractivity contribution in [3.63, 3.8) is 0 Å². The Bertz CT molecular complexity index is 546. The minimum absolute atomic E-state index is 0.136. The standard InChI is InChI=1S/C12H12N2O2S/c15-10(11-5-2-9-17-11)4-1-7-14-8-3-6-13-12(14)16/h2-3,5-6,8-9H,1,4,7H2. The van der Waals surface area contributed by atoms with Crippen molar-refractivity contribution >= 4 is 17.1 Å². The molecule has 2 rings (SSSR count). The lowest BCUT2D eigenvalue weighted by Crippen LogP contribution is -2.21. The number of rotatable bonds is 5. The van der Waals surface area contributed by atoms with Gasteiger partial charge in [-0.15, -0.1) is 11.3 Å². The molecule has 0 spiro atoms. The molecule has 0 aliphatic carbocycles. The predicted molar refractivity (Wildman–Crippen MR) is 66.4 cm³/mol. The third-order valence-corrected chi connectivity index (χ3v) is 3.29. The highest BCUT2D eigenvalue weighted by atomic mass is 32.1. The number of aryl methyl sites for hydroxylation is 1. The van der Waals surface area contributed by atoms with Crippen molar-refractivity contribution in [2.45, 2.75) is 19.4 Å². The van der Waals surface area contributed by atoms with Gasteiger partial charge in [0.1, 0.15) is 0 Å². The monoisotopic (exact) mass is 248 g/mol. The normalized spacial score (nSPS) is 10.4. The summed E-state index contributed by atoms with van der Waals surface area (Å²) in [4.78, 5) is 27.4. The van der Waals surface area contributed by atoms with Gasteiger partial charge in [-0.05, 0) is 23.9 Å². The maximum absolute atomic E-state index is 11.7. The summed E-state index contributed by atoms with van der Waals surface area (Å²) in [6.07, 6.45) is 4.27.